The molecule has 0 aliphatic rings. The molecule has 0 aliphatic heterocycles. The Labute approximate surface area is 179 Å². The lowest BCUT2D eigenvalue weighted by molar-refractivity contribution is -0.385. The van der Waals surface area contributed by atoms with Gasteiger partial charge in [-0.05, 0) is 46.3 Å². The van der Waals surface area contributed by atoms with E-state index in [-0.39, 0.29) is 23.4 Å². The van der Waals surface area contributed by atoms with Crippen molar-refractivity contribution in [2.75, 3.05) is 29.7 Å². The third-order valence-electron chi connectivity index (χ3n) is 3.67. The summed E-state index contributed by atoms with van der Waals surface area (Å²) in [5.41, 5.74) is 3.73. The molecule has 12 heteroatoms. The van der Waals surface area contributed by atoms with Gasteiger partial charge in [-0.1, -0.05) is 6.07 Å². The minimum atomic E-state index is -0.489. The van der Waals surface area contributed by atoms with Crippen molar-refractivity contribution >= 4 is 51.4 Å². The van der Waals surface area contributed by atoms with Crippen LogP contribution in [0.5, 0.6) is 0 Å². The Bertz CT molecular complexity index is 1090. The monoisotopic (exact) mass is 474 g/mol. The molecule has 3 rings (SSSR count). The quantitative estimate of drug-likeness (QED) is 0.300. The van der Waals surface area contributed by atoms with E-state index in [9.17, 15) is 14.5 Å². The van der Waals surface area contributed by atoms with Gasteiger partial charge in [0.2, 0.25) is 17.8 Å². The number of halogens is 2. The first kappa shape index (κ1) is 21.0. The summed E-state index contributed by atoms with van der Waals surface area (Å²) in [5, 5.41) is 18.0. The lowest BCUT2D eigenvalue weighted by atomic mass is 10.2. The molecule has 2 aromatic carbocycles. The number of nitro benzene ring substituents is 1. The molecule has 0 atom stereocenters. The lowest BCUT2D eigenvalue weighted by Crippen LogP contribution is -2.15. The first-order chi connectivity index (χ1) is 14.3. The Morgan fingerprint density at radius 2 is 1.83 bits per heavy atom. The minimum Gasteiger partial charge on any atom is -0.347 e. The van der Waals surface area contributed by atoms with E-state index in [1.807, 2.05) is 0 Å². The van der Waals surface area contributed by atoms with Gasteiger partial charge in [-0.15, -0.1) is 0 Å². The number of aromatic nitrogens is 3. The Hall–Kier alpha value is -3.67. The zero-order valence-corrected chi connectivity index (χ0v) is 17.5. The molecule has 0 fully saturated rings. The second kappa shape index (κ2) is 9.22. The first-order valence-corrected chi connectivity index (χ1v) is 9.30. The van der Waals surface area contributed by atoms with Gasteiger partial charge >= 0.3 is 0 Å². The molecule has 0 spiro atoms. The van der Waals surface area contributed by atoms with Crippen molar-refractivity contribution in [3.05, 3.63) is 68.4 Å². The number of anilines is 4. The minimum absolute atomic E-state index is 0.0696. The summed E-state index contributed by atoms with van der Waals surface area (Å²) in [6, 6.07) is 10.4. The standard InChI is InChI=1S/C18H16BrFN8O2/c1-27(2)18-24-16(22-13-6-4-12(20)5-7-13)23-17(25-18)26-21-10-11-3-8-14(19)15(9-11)28(29)30/h3-10H,1-2H3,(H2,22,23,24,25,26)/b21-10-. The zero-order valence-electron chi connectivity index (χ0n) is 15.9. The number of hydrogen-bond acceptors (Lipinski definition) is 9. The third-order valence-corrected chi connectivity index (χ3v) is 4.34. The summed E-state index contributed by atoms with van der Waals surface area (Å²) in [6.45, 7) is 0. The van der Waals surface area contributed by atoms with Crippen LogP contribution in [-0.4, -0.2) is 40.2 Å². The van der Waals surface area contributed by atoms with E-state index in [0.29, 0.717) is 21.7 Å². The second-order valence-electron chi connectivity index (χ2n) is 6.15. The summed E-state index contributed by atoms with van der Waals surface area (Å²) in [5.74, 6) is 0.403. The molecule has 154 valence electrons. The van der Waals surface area contributed by atoms with Gasteiger partial charge in [0.05, 0.1) is 15.6 Å². The molecule has 0 bridgehead atoms. The normalized spacial score (nSPS) is 10.8. The van der Waals surface area contributed by atoms with Crippen molar-refractivity contribution in [2.45, 2.75) is 0 Å². The van der Waals surface area contributed by atoms with Crippen LogP contribution in [0.4, 0.5) is 33.6 Å². The number of nitrogens with one attached hydrogen (secondary N) is 2. The van der Waals surface area contributed by atoms with Crippen molar-refractivity contribution < 1.29 is 9.31 Å². The van der Waals surface area contributed by atoms with Gasteiger partial charge in [0, 0.05) is 31.4 Å². The Balaban J connectivity index is 1.80. The van der Waals surface area contributed by atoms with Gasteiger partial charge < -0.3 is 10.2 Å². The van der Waals surface area contributed by atoms with Gasteiger partial charge in [-0.2, -0.15) is 20.1 Å². The summed E-state index contributed by atoms with van der Waals surface area (Å²) in [7, 11) is 3.54. The van der Waals surface area contributed by atoms with Gasteiger partial charge in [-0.3, -0.25) is 10.1 Å². The Morgan fingerprint density at radius 1 is 1.13 bits per heavy atom. The predicted molar refractivity (Wildman–Crippen MR) is 116 cm³/mol. The fourth-order valence-electron chi connectivity index (χ4n) is 2.25. The number of benzene rings is 2. The maximum absolute atomic E-state index is 13.1. The van der Waals surface area contributed by atoms with E-state index in [2.05, 4.69) is 46.7 Å². The molecule has 0 amide bonds. The highest BCUT2D eigenvalue weighted by Crippen LogP contribution is 2.25. The SMILES string of the molecule is CN(C)c1nc(N/N=C\c2ccc(Br)c([N+](=O)[O-])c2)nc(Nc2ccc(F)cc2)n1. The summed E-state index contributed by atoms with van der Waals surface area (Å²) in [4.78, 5) is 25.0. The average Bonchev–Trinajstić information content (AvgIpc) is 2.70. The van der Waals surface area contributed by atoms with Crippen LogP contribution < -0.4 is 15.6 Å². The van der Waals surface area contributed by atoms with E-state index < -0.39 is 4.92 Å². The maximum Gasteiger partial charge on any atom is 0.284 e. The first-order valence-electron chi connectivity index (χ1n) is 8.51. The Morgan fingerprint density at radius 3 is 2.50 bits per heavy atom. The molecule has 30 heavy (non-hydrogen) atoms. The molecule has 0 saturated heterocycles. The molecule has 1 aromatic heterocycles. The molecular formula is C18H16BrFN8O2. The Kier molecular flexibility index (Phi) is 6.47. The summed E-state index contributed by atoms with van der Waals surface area (Å²) >= 11 is 3.14. The molecule has 0 unspecified atom stereocenters. The number of hydrazone groups is 1. The second-order valence-corrected chi connectivity index (χ2v) is 7.00. The molecule has 2 N–H and O–H groups in total. The van der Waals surface area contributed by atoms with Gasteiger partial charge in [0.25, 0.3) is 5.69 Å². The van der Waals surface area contributed by atoms with E-state index >= 15 is 0 Å². The number of nitro groups is 1. The van der Waals surface area contributed by atoms with Crippen LogP contribution in [0.3, 0.4) is 0 Å². The van der Waals surface area contributed by atoms with Crippen LogP contribution in [0.15, 0.2) is 52.0 Å². The number of nitrogens with zero attached hydrogens (tertiary/aromatic N) is 6. The van der Waals surface area contributed by atoms with E-state index in [1.165, 1.54) is 24.4 Å². The molecule has 3 aromatic rings. The maximum atomic E-state index is 13.1. The fourth-order valence-corrected chi connectivity index (χ4v) is 2.64. The highest BCUT2D eigenvalue weighted by atomic mass is 79.9. The molecular weight excluding hydrogens is 459 g/mol. The van der Waals surface area contributed by atoms with E-state index in [4.69, 9.17) is 0 Å². The van der Waals surface area contributed by atoms with E-state index in [1.54, 1.807) is 43.3 Å². The van der Waals surface area contributed by atoms with Crippen molar-refractivity contribution in [1.82, 2.24) is 15.0 Å². The van der Waals surface area contributed by atoms with E-state index in [0.717, 1.165) is 0 Å². The molecule has 0 saturated carbocycles. The van der Waals surface area contributed by atoms with Crippen molar-refractivity contribution in [2.24, 2.45) is 5.10 Å². The summed E-state index contributed by atoms with van der Waals surface area (Å²) in [6.07, 6.45) is 1.41. The highest BCUT2D eigenvalue weighted by Gasteiger charge is 2.12. The van der Waals surface area contributed by atoms with Gasteiger partial charge in [-0.25, -0.2) is 9.82 Å². The van der Waals surface area contributed by atoms with Crippen molar-refractivity contribution in [3.8, 4) is 0 Å². The average molecular weight is 475 g/mol. The lowest BCUT2D eigenvalue weighted by Gasteiger charge is -2.13. The molecule has 0 aliphatic carbocycles. The van der Waals surface area contributed by atoms with Crippen LogP contribution in [-0.2, 0) is 0 Å². The smallest absolute Gasteiger partial charge is 0.284 e. The summed E-state index contributed by atoms with van der Waals surface area (Å²) < 4.78 is 13.5. The molecule has 10 nitrogen and oxygen atoms in total. The topological polar surface area (TPSA) is 121 Å². The van der Waals surface area contributed by atoms with Crippen LogP contribution in [0, 0.1) is 15.9 Å². The van der Waals surface area contributed by atoms with Crippen LogP contribution >= 0.6 is 15.9 Å². The fraction of sp³-hybridized carbons (Fsp3) is 0.111. The zero-order chi connectivity index (χ0) is 21.7. The van der Waals surface area contributed by atoms with Crippen molar-refractivity contribution in [1.29, 1.82) is 0 Å². The predicted octanol–water partition coefficient (Wildman–Crippen LogP) is 3.94. The van der Waals surface area contributed by atoms with Gasteiger partial charge in [0.15, 0.2) is 0 Å². The van der Waals surface area contributed by atoms with Crippen LogP contribution in [0.25, 0.3) is 0 Å². The van der Waals surface area contributed by atoms with Crippen molar-refractivity contribution in [3.63, 3.8) is 0 Å². The van der Waals surface area contributed by atoms with Crippen LogP contribution in [0.1, 0.15) is 5.56 Å². The molecule has 0 radical (unpaired) electrons. The number of rotatable bonds is 7. The number of hydrogen-bond donors (Lipinski definition) is 2. The van der Waals surface area contributed by atoms with Crippen LogP contribution in [0.2, 0.25) is 0 Å². The highest BCUT2D eigenvalue weighted by molar-refractivity contribution is 9.10. The third kappa shape index (κ3) is 5.44. The molecule has 1 heterocycles. The largest absolute Gasteiger partial charge is 0.347 e. The van der Waals surface area contributed by atoms with Gasteiger partial charge in [0.1, 0.15) is 5.82 Å².